The van der Waals surface area contributed by atoms with Crippen LogP contribution < -0.4 is 9.47 Å². The second-order valence-corrected chi connectivity index (χ2v) is 9.16. The van der Waals surface area contributed by atoms with Crippen molar-refractivity contribution in [2.75, 3.05) is 20.5 Å². The summed E-state index contributed by atoms with van der Waals surface area (Å²) in [6.45, 7) is 0. The van der Waals surface area contributed by atoms with Crippen LogP contribution in [-0.2, 0) is 27.1 Å². The van der Waals surface area contributed by atoms with Gasteiger partial charge in [-0.05, 0) is 61.4 Å². The first kappa shape index (κ1) is 22.2. The molecule has 0 saturated heterocycles. The molecule has 7 nitrogen and oxygen atoms in total. The Hall–Kier alpha value is -2.45. The smallest absolute Gasteiger partial charge is 0.264 e. The molecule has 0 radical (unpaired) electrons. The van der Waals surface area contributed by atoms with Gasteiger partial charge in [-0.25, -0.2) is 0 Å². The maximum absolute atomic E-state index is 11.6. The van der Waals surface area contributed by atoms with Gasteiger partial charge in [-0.1, -0.05) is 12.5 Å². The predicted molar refractivity (Wildman–Crippen MR) is 114 cm³/mol. The molecule has 164 valence electrons. The second-order valence-electron chi connectivity index (χ2n) is 7.56. The highest BCUT2D eigenvalue weighted by molar-refractivity contribution is 7.86. The molecule has 0 aliphatic heterocycles. The van der Waals surface area contributed by atoms with Crippen LogP contribution in [0.5, 0.6) is 23.0 Å². The molecule has 1 aliphatic carbocycles. The van der Waals surface area contributed by atoms with E-state index in [4.69, 9.17) is 13.7 Å². The van der Waals surface area contributed by atoms with Crippen LogP contribution in [0, 0.1) is 0 Å². The quantitative estimate of drug-likeness (QED) is 0.703. The molecule has 0 saturated carbocycles. The van der Waals surface area contributed by atoms with Crippen LogP contribution in [0.1, 0.15) is 36.8 Å². The van der Waals surface area contributed by atoms with Gasteiger partial charge in [0, 0.05) is 11.1 Å². The van der Waals surface area contributed by atoms with E-state index in [0.717, 1.165) is 24.7 Å². The fraction of sp³-hybridized carbons (Fsp3) is 0.455. The molecule has 30 heavy (non-hydrogen) atoms. The van der Waals surface area contributed by atoms with Crippen LogP contribution in [0.25, 0.3) is 11.1 Å². The number of hydrogen-bond donors (Lipinski definition) is 2. The van der Waals surface area contributed by atoms with Gasteiger partial charge >= 0.3 is 0 Å². The summed E-state index contributed by atoms with van der Waals surface area (Å²) >= 11 is 0. The van der Waals surface area contributed by atoms with Crippen LogP contribution in [0.2, 0.25) is 0 Å². The number of aryl methyl sites for hydroxylation is 2. The Labute approximate surface area is 177 Å². The highest BCUT2D eigenvalue weighted by Gasteiger charge is 2.23. The van der Waals surface area contributed by atoms with E-state index in [1.54, 1.807) is 12.1 Å². The molecule has 3 rings (SSSR count). The Kier molecular flexibility index (Phi) is 6.77. The Balaban J connectivity index is 2.11. The summed E-state index contributed by atoms with van der Waals surface area (Å²) in [6, 6.07) is 7.08. The first-order valence-corrected chi connectivity index (χ1v) is 11.7. The zero-order valence-corrected chi connectivity index (χ0v) is 18.3. The van der Waals surface area contributed by atoms with Crippen LogP contribution >= 0.6 is 0 Å². The third-order valence-electron chi connectivity index (χ3n) is 5.34. The molecule has 0 aromatic heterocycles. The van der Waals surface area contributed by atoms with Crippen molar-refractivity contribution < 1.29 is 32.3 Å². The van der Waals surface area contributed by atoms with E-state index in [0.29, 0.717) is 48.1 Å². The molecule has 1 unspecified atom stereocenters. The van der Waals surface area contributed by atoms with Crippen molar-refractivity contribution >= 4 is 10.1 Å². The van der Waals surface area contributed by atoms with Gasteiger partial charge < -0.3 is 19.7 Å². The predicted octanol–water partition coefficient (Wildman–Crippen LogP) is 3.79. The van der Waals surface area contributed by atoms with Gasteiger partial charge in [0.25, 0.3) is 10.1 Å². The molecule has 0 heterocycles. The molecule has 1 atom stereocenters. The minimum absolute atomic E-state index is 0.00699. The fourth-order valence-corrected chi connectivity index (χ4v) is 4.61. The van der Waals surface area contributed by atoms with Gasteiger partial charge in [0.05, 0.1) is 26.6 Å². The van der Waals surface area contributed by atoms with Crippen molar-refractivity contribution in [2.24, 2.45) is 0 Å². The largest absolute Gasteiger partial charge is 0.507 e. The standard InChI is InChI=1S/C22H28O7S/c1-27-21-18-13-15(20(24)22(21)28-2)6-4-5-7-16(29-30(3,25)26)10-8-14-9-11-19(23)17(18)12-14/h9,11-13,16,23-24H,4-8,10H2,1-3H3. The number of hydrogen-bond acceptors (Lipinski definition) is 7. The molecular weight excluding hydrogens is 408 g/mol. The highest BCUT2D eigenvalue weighted by Crippen LogP contribution is 2.48. The number of fused-ring (bicyclic) bond motifs is 5. The van der Waals surface area contributed by atoms with Crippen molar-refractivity contribution in [1.29, 1.82) is 0 Å². The number of rotatable bonds is 4. The summed E-state index contributed by atoms with van der Waals surface area (Å²) < 4.78 is 39.5. The van der Waals surface area contributed by atoms with E-state index in [1.807, 2.05) is 12.1 Å². The van der Waals surface area contributed by atoms with E-state index in [9.17, 15) is 18.6 Å². The summed E-state index contributed by atoms with van der Waals surface area (Å²) in [4.78, 5) is 0. The Bertz CT molecular complexity index is 1010. The average Bonchev–Trinajstić information content (AvgIpc) is 2.70. The molecule has 0 fully saturated rings. The number of benzene rings is 2. The van der Waals surface area contributed by atoms with Crippen molar-refractivity contribution in [2.45, 2.75) is 44.6 Å². The minimum Gasteiger partial charge on any atom is -0.507 e. The van der Waals surface area contributed by atoms with Crippen LogP contribution in [0.4, 0.5) is 0 Å². The first-order chi connectivity index (χ1) is 14.2. The van der Waals surface area contributed by atoms with Crippen molar-refractivity contribution in [3.8, 4) is 34.1 Å². The topological polar surface area (TPSA) is 102 Å². The normalized spacial score (nSPS) is 17.4. The lowest BCUT2D eigenvalue weighted by Crippen LogP contribution is -2.18. The van der Waals surface area contributed by atoms with Crippen molar-refractivity contribution in [3.05, 3.63) is 35.4 Å². The van der Waals surface area contributed by atoms with Gasteiger partial charge in [-0.15, -0.1) is 0 Å². The Morgan fingerprint density at radius 2 is 1.67 bits per heavy atom. The zero-order chi connectivity index (χ0) is 21.9. The summed E-state index contributed by atoms with van der Waals surface area (Å²) in [7, 11) is -0.607. The molecule has 0 spiro atoms. The van der Waals surface area contributed by atoms with Crippen LogP contribution in [0.15, 0.2) is 24.3 Å². The second kappa shape index (κ2) is 9.14. The number of methoxy groups -OCH3 is 2. The monoisotopic (exact) mass is 436 g/mol. The third-order valence-corrected chi connectivity index (χ3v) is 5.96. The van der Waals surface area contributed by atoms with E-state index < -0.39 is 16.2 Å². The molecular formula is C22H28O7S. The summed E-state index contributed by atoms with van der Waals surface area (Å²) in [5.74, 6) is 0.657. The Morgan fingerprint density at radius 3 is 2.33 bits per heavy atom. The number of phenols is 2. The van der Waals surface area contributed by atoms with Crippen molar-refractivity contribution in [1.82, 2.24) is 0 Å². The molecule has 2 aromatic carbocycles. The third kappa shape index (κ3) is 4.99. The lowest BCUT2D eigenvalue weighted by Gasteiger charge is -2.18. The van der Waals surface area contributed by atoms with E-state index in [-0.39, 0.29) is 17.2 Å². The fourth-order valence-electron chi connectivity index (χ4n) is 3.92. The van der Waals surface area contributed by atoms with Gasteiger partial charge in [0.2, 0.25) is 5.75 Å². The molecule has 0 amide bonds. The average molecular weight is 437 g/mol. The lowest BCUT2D eigenvalue weighted by molar-refractivity contribution is 0.187. The zero-order valence-electron chi connectivity index (χ0n) is 17.5. The molecule has 4 bridgehead atoms. The maximum Gasteiger partial charge on any atom is 0.264 e. The molecule has 2 N–H and O–H groups in total. The van der Waals surface area contributed by atoms with Gasteiger partial charge in [-0.3, -0.25) is 4.18 Å². The summed E-state index contributed by atoms with van der Waals surface area (Å²) in [6.07, 6.45) is 4.41. The first-order valence-electron chi connectivity index (χ1n) is 9.90. The molecule has 2 aromatic rings. The van der Waals surface area contributed by atoms with Gasteiger partial charge in [-0.2, -0.15) is 8.42 Å². The van der Waals surface area contributed by atoms with E-state index in [1.165, 1.54) is 14.2 Å². The van der Waals surface area contributed by atoms with Crippen molar-refractivity contribution in [3.63, 3.8) is 0 Å². The number of ether oxygens (including phenoxy) is 2. The number of phenolic OH excluding ortho intramolecular Hbond substituents is 2. The van der Waals surface area contributed by atoms with E-state index in [2.05, 4.69) is 0 Å². The van der Waals surface area contributed by atoms with Crippen LogP contribution in [0.3, 0.4) is 0 Å². The summed E-state index contributed by atoms with van der Waals surface area (Å²) in [5.41, 5.74) is 2.79. The number of aromatic hydroxyl groups is 2. The van der Waals surface area contributed by atoms with E-state index >= 15 is 0 Å². The Morgan fingerprint density at radius 1 is 0.933 bits per heavy atom. The maximum atomic E-state index is 11.6. The SMILES string of the molecule is COc1c2cc(c(O)c1OC)CCCCC(OS(C)(=O)=O)CCc1ccc(O)c-2c1. The summed E-state index contributed by atoms with van der Waals surface area (Å²) in [5, 5.41) is 21.2. The highest BCUT2D eigenvalue weighted by atomic mass is 32.2. The molecule has 8 heteroatoms. The van der Waals surface area contributed by atoms with Gasteiger partial charge in [0.15, 0.2) is 11.5 Å². The lowest BCUT2D eigenvalue weighted by atomic mass is 9.95. The molecule has 1 aliphatic rings. The van der Waals surface area contributed by atoms with Crippen LogP contribution in [-0.4, -0.2) is 45.2 Å². The van der Waals surface area contributed by atoms with Gasteiger partial charge in [0.1, 0.15) is 5.75 Å². The minimum atomic E-state index is -3.56.